The van der Waals surface area contributed by atoms with Crippen LogP contribution in [-0.4, -0.2) is 40.8 Å². The lowest BCUT2D eigenvalue weighted by Crippen LogP contribution is -2.39. The fraction of sp³-hybridized carbons (Fsp3) is 0.478. The monoisotopic (exact) mass is 429 g/mol. The van der Waals surface area contributed by atoms with Crippen LogP contribution in [0.4, 0.5) is 0 Å². The van der Waals surface area contributed by atoms with Gasteiger partial charge in [-0.15, -0.1) is 0 Å². The topological polar surface area (TPSA) is 73.9 Å². The third-order valence-corrected chi connectivity index (χ3v) is 8.13. The summed E-state index contributed by atoms with van der Waals surface area (Å²) in [6.45, 7) is 1.75. The van der Waals surface area contributed by atoms with Gasteiger partial charge in [-0.25, -0.2) is 8.42 Å². The number of hydrogen-bond acceptors (Lipinski definition) is 6. The summed E-state index contributed by atoms with van der Waals surface area (Å²) in [7, 11) is -2.21. The van der Waals surface area contributed by atoms with Crippen LogP contribution >= 0.6 is 0 Å². The van der Waals surface area contributed by atoms with Crippen molar-refractivity contribution in [2.45, 2.75) is 60.0 Å². The third kappa shape index (κ3) is 3.54. The van der Waals surface area contributed by atoms with Gasteiger partial charge in [-0.1, -0.05) is 6.07 Å². The number of nitrogens with one attached hydrogen (secondary N) is 1. The van der Waals surface area contributed by atoms with E-state index < -0.39 is 9.84 Å². The Kier molecular flexibility index (Phi) is 5.11. The van der Waals surface area contributed by atoms with E-state index in [1.165, 1.54) is 7.11 Å². The average Bonchev–Trinajstić information content (AvgIpc) is 3.40. The molecule has 2 aliphatic heterocycles. The Balaban J connectivity index is 1.48. The molecule has 1 saturated carbocycles. The molecule has 5 rings (SSSR count). The molecule has 160 valence electrons. The molecule has 2 atom stereocenters. The number of benzene rings is 2. The highest BCUT2D eigenvalue weighted by Gasteiger charge is 2.37. The number of methoxy groups -OCH3 is 1. The number of sulfone groups is 1. The normalized spacial score (nSPS) is 23.5. The summed E-state index contributed by atoms with van der Waals surface area (Å²) in [6.07, 6.45) is 5.51. The Morgan fingerprint density at radius 2 is 1.80 bits per heavy atom. The summed E-state index contributed by atoms with van der Waals surface area (Å²) >= 11 is 0. The van der Waals surface area contributed by atoms with Crippen LogP contribution in [-0.2, 0) is 9.84 Å². The predicted molar refractivity (Wildman–Crippen MR) is 112 cm³/mol. The Hall–Kier alpha value is -2.25. The van der Waals surface area contributed by atoms with Crippen LogP contribution in [0.1, 0.15) is 43.6 Å². The molecular formula is C23H27NO5S. The maximum Gasteiger partial charge on any atom is 0.207 e. The number of hydrogen-bond donors (Lipinski definition) is 1. The summed E-state index contributed by atoms with van der Waals surface area (Å²) in [6, 6.07) is 10.2. The lowest BCUT2D eigenvalue weighted by Gasteiger charge is -2.24. The SMILES string of the molecule is COc1cc(OC2CCCC2)cc(S(=O)(=O)c2ccc3c(c2)OC2CNCCC32)c1. The molecule has 2 aromatic carbocycles. The first-order valence-corrected chi connectivity index (χ1v) is 12.1. The van der Waals surface area contributed by atoms with Gasteiger partial charge in [0.2, 0.25) is 9.84 Å². The molecule has 1 saturated heterocycles. The molecule has 2 aromatic rings. The van der Waals surface area contributed by atoms with E-state index in [0.717, 1.165) is 50.8 Å². The van der Waals surface area contributed by atoms with Gasteiger partial charge >= 0.3 is 0 Å². The highest BCUT2D eigenvalue weighted by molar-refractivity contribution is 7.91. The quantitative estimate of drug-likeness (QED) is 0.782. The van der Waals surface area contributed by atoms with Gasteiger partial charge in [-0.3, -0.25) is 0 Å². The van der Waals surface area contributed by atoms with E-state index in [1.54, 1.807) is 30.3 Å². The number of fused-ring (bicyclic) bond motifs is 3. The van der Waals surface area contributed by atoms with Gasteiger partial charge in [0.25, 0.3) is 0 Å². The average molecular weight is 430 g/mol. The summed E-state index contributed by atoms with van der Waals surface area (Å²) in [5, 5.41) is 3.34. The summed E-state index contributed by atoms with van der Waals surface area (Å²) in [5.74, 6) is 2.02. The fourth-order valence-corrected chi connectivity index (χ4v) is 6.11. The van der Waals surface area contributed by atoms with Crippen molar-refractivity contribution in [3.05, 3.63) is 42.0 Å². The van der Waals surface area contributed by atoms with Gasteiger partial charge in [0.15, 0.2) is 0 Å². The van der Waals surface area contributed by atoms with Crippen molar-refractivity contribution in [2.75, 3.05) is 20.2 Å². The van der Waals surface area contributed by atoms with Crippen molar-refractivity contribution in [2.24, 2.45) is 0 Å². The van der Waals surface area contributed by atoms with Crippen molar-refractivity contribution < 1.29 is 22.6 Å². The smallest absolute Gasteiger partial charge is 0.207 e. The maximum atomic E-state index is 13.4. The van der Waals surface area contributed by atoms with E-state index in [0.29, 0.717) is 23.2 Å². The Labute approximate surface area is 177 Å². The molecule has 0 aromatic heterocycles. The van der Waals surface area contributed by atoms with E-state index in [9.17, 15) is 8.42 Å². The molecule has 1 aliphatic carbocycles. The molecule has 0 bridgehead atoms. The van der Waals surface area contributed by atoms with Crippen LogP contribution in [0.3, 0.4) is 0 Å². The highest BCUT2D eigenvalue weighted by Crippen LogP contribution is 2.43. The molecule has 2 heterocycles. The number of ether oxygens (including phenoxy) is 3. The highest BCUT2D eigenvalue weighted by atomic mass is 32.2. The second-order valence-corrected chi connectivity index (χ2v) is 10.3. The molecule has 30 heavy (non-hydrogen) atoms. The van der Waals surface area contributed by atoms with E-state index in [1.807, 2.05) is 6.07 Å². The van der Waals surface area contributed by atoms with Crippen molar-refractivity contribution >= 4 is 9.84 Å². The zero-order valence-corrected chi connectivity index (χ0v) is 17.9. The van der Waals surface area contributed by atoms with E-state index in [4.69, 9.17) is 14.2 Å². The van der Waals surface area contributed by atoms with Crippen molar-refractivity contribution in [1.29, 1.82) is 0 Å². The van der Waals surface area contributed by atoms with Crippen LogP contribution in [0.15, 0.2) is 46.2 Å². The second-order valence-electron chi connectivity index (χ2n) is 8.33. The minimum atomic E-state index is -3.74. The Bertz CT molecular complexity index is 1050. The molecule has 0 spiro atoms. The summed E-state index contributed by atoms with van der Waals surface area (Å²) in [4.78, 5) is 0.403. The predicted octanol–water partition coefficient (Wildman–Crippen LogP) is 3.69. The van der Waals surface area contributed by atoms with Gasteiger partial charge in [0.05, 0.1) is 23.0 Å². The van der Waals surface area contributed by atoms with Gasteiger partial charge in [0.1, 0.15) is 23.4 Å². The van der Waals surface area contributed by atoms with Crippen LogP contribution in [0.5, 0.6) is 17.2 Å². The number of rotatable bonds is 5. The Morgan fingerprint density at radius 3 is 2.60 bits per heavy atom. The van der Waals surface area contributed by atoms with Crippen molar-refractivity contribution in [3.63, 3.8) is 0 Å². The van der Waals surface area contributed by atoms with E-state index in [2.05, 4.69) is 5.32 Å². The van der Waals surface area contributed by atoms with Crippen LogP contribution < -0.4 is 19.5 Å². The van der Waals surface area contributed by atoms with Gasteiger partial charge in [-0.2, -0.15) is 0 Å². The van der Waals surface area contributed by atoms with Crippen molar-refractivity contribution in [3.8, 4) is 17.2 Å². The summed E-state index contributed by atoms with van der Waals surface area (Å²) < 4.78 is 44.3. The lowest BCUT2D eigenvalue weighted by atomic mass is 9.90. The zero-order valence-electron chi connectivity index (χ0n) is 17.1. The molecule has 1 N–H and O–H groups in total. The van der Waals surface area contributed by atoms with E-state index in [-0.39, 0.29) is 22.0 Å². The minimum absolute atomic E-state index is 0.0786. The first-order chi connectivity index (χ1) is 14.5. The minimum Gasteiger partial charge on any atom is -0.497 e. The molecule has 0 radical (unpaired) electrons. The van der Waals surface area contributed by atoms with Crippen LogP contribution in [0, 0.1) is 0 Å². The second kappa shape index (κ2) is 7.78. The summed E-state index contributed by atoms with van der Waals surface area (Å²) in [5.41, 5.74) is 1.11. The molecular weight excluding hydrogens is 402 g/mol. The van der Waals surface area contributed by atoms with Gasteiger partial charge in [-0.05, 0) is 62.9 Å². The number of piperidine rings is 1. The van der Waals surface area contributed by atoms with Gasteiger partial charge < -0.3 is 19.5 Å². The van der Waals surface area contributed by atoms with Gasteiger partial charge in [0, 0.05) is 24.1 Å². The van der Waals surface area contributed by atoms with E-state index >= 15 is 0 Å². The fourth-order valence-electron chi connectivity index (χ4n) is 4.78. The van der Waals surface area contributed by atoms with Crippen molar-refractivity contribution in [1.82, 2.24) is 5.32 Å². The molecule has 0 amide bonds. The Morgan fingerprint density at radius 1 is 1.00 bits per heavy atom. The molecule has 2 unspecified atom stereocenters. The molecule has 7 heteroatoms. The third-order valence-electron chi connectivity index (χ3n) is 6.40. The van der Waals surface area contributed by atoms with Crippen LogP contribution in [0.25, 0.3) is 0 Å². The van der Waals surface area contributed by atoms with Crippen LogP contribution in [0.2, 0.25) is 0 Å². The zero-order chi connectivity index (χ0) is 20.7. The molecule has 3 aliphatic rings. The lowest BCUT2D eigenvalue weighted by molar-refractivity contribution is 0.176. The standard InChI is InChI=1S/C23H27NO5S/c1-27-16-10-17(28-15-4-2-3-5-15)12-19(11-16)30(25,26)18-6-7-20-21-8-9-24-14-23(21)29-22(20)13-18/h6-7,10-13,15,21,23-24H,2-5,8-9,14H2,1H3. The molecule has 6 nitrogen and oxygen atoms in total. The largest absolute Gasteiger partial charge is 0.497 e. The first kappa shape index (κ1) is 19.7. The molecule has 2 fully saturated rings. The first-order valence-electron chi connectivity index (χ1n) is 10.7. The maximum absolute atomic E-state index is 13.4.